The van der Waals surface area contributed by atoms with E-state index in [4.69, 9.17) is 10.8 Å². The minimum atomic E-state index is 0.0798. The summed E-state index contributed by atoms with van der Waals surface area (Å²) < 4.78 is 0. The number of aliphatic hydroxyl groups excluding tert-OH is 1. The molecule has 68 valence electrons. The Morgan fingerprint density at radius 3 is 2.77 bits per heavy atom. The van der Waals surface area contributed by atoms with Crippen molar-refractivity contribution in [2.24, 2.45) is 5.73 Å². The number of benzene rings is 1. The fourth-order valence-electron chi connectivity index (χ4n) is 1.10. The van der Waals surface area contributed by atoms with E-state index in [1.807, 2.05) is 25.1 Å². The molecule has 0 saturated carbocycles. The highest BCUT2D eigenvalue weighted by Gasteiger charge is 1.96. The third-order valence-corrected chi connectivity index (χ3v) is 1.85. The van der Waals surface area contributed by atoms with Crippen LogP contribution in [0.15, 0.2) is 18.2 Å². The Balaban J connectivity index is 2.96. The summed E-state index contributed by atoms with van der Waals surface area (Å²) >= 11 is 0. The lowest BCUT2D eigenvalue weighted by molar-refractivity contribution is 0.281. The minimum Gasteiger partial charge on any atom is -0.392 e. The van der Waals surface area contributed by atoms with Crippen LogP contribution in [0.25, 0.3) is 0 Å². The van der Waals surface area contributed by atoms with Gasteiger partial charge in [-0.1, -0.05) is 17.9 Å². The van der Waals surface area contributed by atoms with Gasteiger partial charge in [0.1, 0.15) is 0 Å². The molecule has 1 aromatic carbocycles. The first kappa shape index (κ1) is 9.79. The molecule has 0 aromatic heterocycles. The van der Waals surface area contributed by atoms with Crippen molar-refractivity contribution in [2.45, 2.75) is 13.5 Å². The first-order chi connectivity index (χ1) is 6.27. The molecule has 3 N–H and O–H groups in total. The maximum absolute atomic E-state index is 8.93. The van der Waals surface area contributed by atoms with Crippen molar-refractivity contribution in [1.82, 2.24) is 0 Å². The van der Waals surface area contributed by atoms with Gasteiger partial charge in [-0.3, -0.25) is 0 Å². The smallest absolute Gasteiger partial charge is 0.0684 e. The summed E-state index contributed by atoms with van der Waals surface area (Å²) in [4.78, 5) is 0. The predicted octanol–water partition coefficient (Wildman–Crippen LogP) is 0.798. The Morgan fingerprint density at radius 2 is 2.23 bits per heavy atom. The molecule has 0 saturated heterocycles. The Hall–Kier alpha value is -1.30. The largest absolute Gasteiger partial charge is 0.392 e. The van der Waals surface area contributed by atoms with Gasteiger partial charge in [0, 0.05) is 5.56 Å². The summed E-state index contributed by atoms with van der Waals surface area (Å²) in [5, 5.41) is 8.93. The zero-order valence-corrected chi connectivity index (χ0v) is 7.67. The van der Waals surface area contributed by atoms with Gasteiger partial charge in [-0.2, -0.15) is 0 Å². The van der Waals surface area contributed by atoms with Crippen molar-refractivity contribution in [2.75, 3.05) is 6.54 Å². The van der Waals surface area contributed by atoms with Crippen molar-refractivity contribution in [3.8, 4) is 11.8 Å². The summed E-state index contributed by atoms with van der Waals surface area (Å²) in [6.45, 7) is 2.41. The van der Waals surface area contributed by atoms with E-state index in [9.17, 15) is 0 Å². The molecule has 0 aliphatic rings. The van der Waals surface area contributed by atoms with Crippen molar-refractivity contribution < 1.29 is 5.11 Å². The number of aliphatic hydroxyl groups is 1. The van der Waals surface area contributed by atoms with Crippen LogP contribution in [-0.4, -0.2) is 11.7 Å². The van der Waals surface area contributed by atoms with Crippen LogP contribution >= 0.6 is 0 Å². The van der Waals surface area contributed by atoms with Gasteiger partial charge in [0.2, 0.25) is 0 Å². The third kappa shape index (κ3) is 2.59. The average Bonchev–Trinajstić information content (AvgIpc) is 2.15. The molecule has 1 aromatic rings. The molecule has 2 heteroatoms. The first-order valence-electron chi connectivity index (χ1n) is 4.17. The molecule has 0 fully saturated rings. The lowest BCUT2D eigenvalue weighted by Crippen LogP contribution is -1.93. The molecule has 0 bridgehead atoms. The summed E-state index contributed by atoms with van der Waals surface area (Å²) in [5.41, 5.74) is 8.21. The van der Waals surface area contributed by atoms with E-state index in [0.717, 1.165) is 16.7 Å². The predicted molar refractivity (Wildman–Crippen MR) is 53.0 cm³/mol. The van der Waals surface area contributed by atoms with E-state index in [0.29, 0.717) is 6.54 Å². The van der Waals surface area contributed by atoms with Crippen LogP contribution in [0.5, 0.6) is 0 Å². The molecule has 1 rings (SSSR count). The van der Waals surface area contributed by atoms with Crippen molar-refractivity contribution in [3.05, 3.63) is 34.9 Å². The van der Waals surface area contributed by atoms with E-state index in [-0.39, 0.29) is 6.61 Å². The van der Waals surface area contributed by atoms with Gasteiger partial charge in [0.15, 0.2) is 0 Å². The van der Waals surface area contributed by atoms with Gasteiger partial charge in [0.25, 0.3) is 0 Å². The quantitative estimate of drug-likeness (QED) is 0.620. The van der Waals surface area contributed by atoms with Gasteiger partial charge in [-0.15, -0.1) is 0 Å². The maximum Gasteiger partial charge on any atom is 0.0684 e. The topological polar surface area (TPSA) is 46.2 Å². The van der Waals surface area contributed by atoms with E-state index < -0.39 is 0 Å². The molecule has 0 aliphatic heterocycles. The van der Waals surface area contributed by atoms with Gasteiger partial charge in [0.05, 0.1) is 13.2 Å². The number of aryl methyl sites for hydroxylation is 1. The summed E-state index contributed by atoms with van der Waals surface area (Å²) in [6, 6.07) is 5.73. The van der Waals surface area contributed by atoms with Gasteiger partial charge in [-0.05, 0) is 30.2 Å². The van der Waals surface area contributed by atoms with Crippen LogP contribution in [0.3, 0.4) is 0 Å². The molecule has 0 atom stereocenters. The molecule has 0 amide bonds. The summed E-state index contributed by atoms with van der Waals surface area (Å²) in [7, 11) is 0. The fraction of sp³-hybridized carbons (Fsp3) is 0.273. The summed E-state index contributed by atoms with van der Waals surface area (Å²) in [6.07, 6.45) is 0. The van der Waals surface area contributed by atoms with Crippen molar-refractivity contribution in [1.29, 1.82) is 0 Å². The van der Waals surface area contributed by atoms with E-state index >= 15 is 0 Å². The Kier molecular flexibility index (Phi) is 3.51. The lowest BCUT2D eigenvalue weighted by atomic mass is 10.1. The molecule has 0 heterocycles. The second-order valence-electron chi connectivity index (χ2n) is 2.81. The van der Waals surface area contributed by atoms with Crippen molar-refractivity contribution >= 4 is 0 Å². The van der Waals surface area contributed by atoms with E-state index in [2.05, 4.69) is 11.8 Å². The first-order valence-corrected chi connectivity index (χ1v) is 4.17. The maximum atomic E-state index is 8.93. The van der Waals surface area contributed by atoms with Crippen molar-refractivity contribution in [3.63, 3.8) is 0 Å². The lowest BCUT2D eigenvalue weighted by Gasteiger charge is -2.01. The highest BCUT2D eigenvalue weighted by atomic mass is 16.3. The molecular weight excluding hydrogens is 162 g/mol. The number of rotatable bonds is 1. The normalized spacial score (nSPS) is 9.15. The van der Waals surface area contributed by atoms with Gasteiger partial charge in [-0.25, -0.2) is 0 Å². The minimum absolute atomic E-state index is 0.0798. The zero-order chi connectivity index (χ0) is 9.68. The average molecular weight is 175 g/mol. The molecule has 2 nitrogen and oxygen atoms in total. The molecule has 0 radical (unpaired) electrons. The standard InChI is InChI=1S/C11H13NO/c1-9-7-10(3-2-6-12)4-5-11(9)8-13/h4-5,7,13H,6,8,12H2,1H3. The summed E-state index contributed by atoms with van der Waals surface area (Å²) in [5.74, 6) is 5.72. The van der Waals surface area contributed by atoms with Crippen LogP contribution in [-0.2, 0) is 6.61 Å². The Morgan fingerprint density at radius 1 is 1.46 bits per heavy atom. The number of nitrogens with two attached hydrogens (primary N) is 1. The van der Waals surface area contributed by atoms with Crippen LogP contribution in [0.1, 0.15) is 16.7 Å². The van der Waals surface area contributed by atoms with E-state index in [1.54, 1.807) is 0 Å². The highest BCUT2D eigenvalue weighted by molar-refractivity contribution is 5.40. The molecular formula is C11H13NO. The highest BCUT2D eigenvalue weighted by Crippen LogP contribution is 2.09. The van der Waals surface area contributed by atoms with Crippen LogP contribution < -0.4 is 5.73 Å². The van der Waals surface area contributed by atoms with Crippen LogP contribution in [0.2, 0.25) is 0 Å². The van der Waals surface area contributed by atoms with Gasteiger partial charge >= 0.3 is 0 Å². The molecule has 0 spiro atoms. The molecule has 0 aliphatic carbocycles. The molecule has 13 heavy (non-hydrogen) atoms. The van der Waals surface area contributed by atoms with Crippen LogP contribution in [0, 0.1) is 18.8 Å². The Labute approximate surface area is 78.4 Å². The SMILES string of the molecule is Cc1cc(C#CCN)ccc1CO. The second kappa shape index (κ2) is 4.66. The second-order valence-corrected chi connectivity index (χ2v) is 2.81. The fourth-order valence-corrected chi connectivity index (χ4v) is 1.10. The monoisotopic (exact) mass is 175 g/mol. The third-order valence-electron chi connectivity index (χ3n) is 1.85. The van der Waals surface area contributed by atoms with Crippen LogP contribution in [0.4, 0.5) is 0 Å². The number of hydrogen-bond donors (Lipinski definition) is 2. The van der Waals surface area contributed by atoms with Gasteiger partial charge < -0.3 is 10.8 Å². The zero-order valence-electron chi connectivity index (χ0n) is 7.67. The molecule has 0 unspecified atom stereocenters. The van der Waals surface area contributed by atoms with E-state index in [1.165, 1.54) is 0 Å². The number of hydrogen-bond acceptors (Lipinski definition) is 2. The Bertz CT molecular complexity index is 347.